The highest BCUT2D eigenvalue weighted by Gasteiger charge is 2.32. The Bertz CT molecular complexity index is 1200. The van der Waals surface area contributed by atoms with Crippen LogP contribution in [0.1, 0.15) is 21.5 Å². The van der Waals surface area contributed by atoms with Gasteiger partial charge in [0.1, 0.15) is 0 Å². The lowest BCUT2D eigenvalue weighted by molar-refractivity contribution is -0.137. The second kappa shape index (κ2) is 8.20. The van der Waals surface area contributed by atoms with Gasteiger partial charge < -0.3 is 0 Å². The summed E-state index contributed by atoms with van der Waals surface area (Å²) in [6.45, 7) is 1.85. The van der Waals surface area contributed by atoms with E-state index in [1.807, 2.05) is 11.6 Å². The molecule has 0 unspecified atom stereocenters. The van der Waals surface area contributed by atoms with E-state index in [1.165, 1.54) is 0 Å². The highest BCUT2D eigenvalue weighted by atomic mass is 35.5. The molecule has 2 N–H and O–H groups in total. The molecule has 0 atom stereocenters. The molecule has 158 valence electrons. The van der Waals surface area contributed by atoms with Gasteiger partial charge in [0.15, 0.2) is 0 Å². The number of aromatic nitrogens is 2. The third kappa shape index (κ3) is 5.07. The molecule has 0 saturated carbocycles. The molecule has 0 spiro atoms. The number of benzene rings is 2. The van der Waals surface area contributed by atoms with Gasteiger partial charge in [-0.15, -0.1) is 10.2 Å². The maximum Gasteiger partial charge on any atom is 0.416 e. The highest BCUT2D eigenvalue weighted by Crippen LogP contribution is 2.35. The van der Waals surface area contributed by atoms with Crippen molar-refractivity contribution in [2.24, 2.45) is 0 Å². The summed E-state index contributed by atoms with van der Waals surface area (Å²) in [5.74, 6) is -0.524. The number of amides is 1. The molecule has 3 rings (SSSR count). The zero-order valence-corrected chi connectivity index (χ0v) is 17.4. The van der Waals surface area contributed by atoms with Crippen molar-refractivity contribution >= 4 is 49.7 Å². The molecule has 30 heavy (non-hydrogen) atoms. The van der Waals surface area contributed by atoms with E-state index in [-0.39, 0.29) is 10.2 Å². The summed E-state index contributed by atoms with van der Waals surface area (Å²) >= 11 is 6.34. The molecule has 3 aromatic rings. The summed E-state index contributed by atoms with van der Waals surface area (Å²) < 4.78 is 64.9. The number of rotatable bonds is 5. The number of aryl methyl sites for hydroxylation is 1. The van der Waals surface area contributed by atoms with E-state index >= 15 is 0 Å². The minimum absolute atomic E-state index is 0.101. The number of nitrogens with zero attached hydrogens (tertiary/aromatic N) is 2. The molecule has 1 aromatic heterocycles. The van der Waals surface area contributed by atoms with Crippen LogP contribution in [0.4, 0.5) is 24.0 Å². The van der Waals surface area contributed by atoms with Crippen LogP contribution in [0.15, 0.2) is 46.8 Å². The highest BCUT2D eigenvalue weighted by molar-refractivity contribution is 7.94. The van der Waals surface area contributed by atoms with Crippen LogP contribution in [-0.4, -0.2) is 24.5 Å². The van der Waals surface area contributed by atoms with Crippen molar-refractivity contribution < 1.29 is 26.4 Å². The molecule has 0 saturated heterocycles. The van der Waals surface area contributed by atoms with Crippen LogP contribution in [0.5, 0.6) is 0 Å². The molecule has 13 heteroatoms. The molecular weight excluding hydrogens is 465 g/mol. The SMILES string of the molecule is Cc1ccc(C(=O)Nc2nnc(S(=O)(=O)Nc3cc(C(F)(F)F)ccc3Cl)s2)cc1. The average molecular weight is 477 g/mol. The lowest BCUT2D eigenvalue weighted by atomic mass is 10.1. The Labute approximate surface area is 178 Å². The Morgan fingerprint density at radius 1 is 1.10 bits per heavy atom. The second-order valence-corrected chi connectivity index (χ2v) is 9.23. The Kier molecular flexibility index (Phi) is 6.01. The quantitative estimate of drug-likeness (QED) is 0.525. The van der Waals surface area contributed by atoms with Gasteiger partial charge in [-0.05, 0) is 37.3 Å². The molecule has 0 fully saturated rings. The molecule has 1 heterocycles. The van der Waals surface area contributed by atoms with Gasteiger partial charge in [0.25, 0.3) is 20.3 Å². The fraction of sp³-hybridized carbons (Fsp3) is 0.118. The molecule has 0 aliphatic heterocycles. The lowest BCUT2D eigenvalue weighted by Crippen LogP contribution is -2.14. The first-order valence-corrected chi connectivity index (χ1v) is 10.7. The van der Waals surface area contributed by atoms with Gasteiger partial charge in [-0.25, -0.2) is 0 Å². The van der Waals surface area contributed by atoms with Crippen LogP contribution in [-0.2, 0) is 16.2 Å². The van der Waals surface area contributed by atoms with Crippen molar-refractivity contribution in [3.8, 4) is 0 Å². The minimum Gasteiger partial charge on any atom is -0.296 e. The number of anilines is 2. The zero-order chi connectivity index (χ0) is 22.1. The van der Waals surface area contributed by atoms with E-state index in [9.17, 15) is 26.4 Å². The van der Waals surface area contributed by atoms with E-state index in [0.29, 0.717) is 23.0 Å². The number of carbonyl (C=O) groups is 1. The largest absolute Gasteiger partial charge is 0.416 e. The number of sulfonamides is 1. The topological polar surface area (TPSA) is 101 Å². The van der Waals surface area contributed by atoms with Gasteiger partial charge in [-0.2, -0.15) is 21.6 Å². The van der Waals surface area contributed by atoms with Crippen LogP contribution < -0.4 is 10.0 Å². The van der Waals surface area contributed by atoms with Crippen molar-refractivity contribution in [1.82, 2.24) is 10.2 Å². The summed E-state index contributed by atoms with van der Waals surface area (Å²) in [7, 11) is -4.39. The standard InChI is InChI=1S/C17H12ClF3N4O3S2/c1-9-2-4-10(5-3-9)14(26)22-15-23-24-16(29-15)30(27,28)25-13-8-11(17(19,20)21)6-7-12(13)18/h2-8,25H,1H3,(H,22,23,26). The molecule has 0 aliphatic carbocycles. The van der Waals surface area contributed by atoms with Crippen LogP contribution >= 0.6 is 22.9 Å². The number of hydrogen-bond donors (Lipinski definition) is 2. The van der Waals surface area contributed by atoms with E-state index in [4.69, 9.17) is 11.6 Å². The summed E-state index contributed by atoms with van der Waals surface area (Å²) in [5, 5.41) is 9.15. The van der Waals surface area contributed by atoms with Gasteiger partial charge in [0.05, 0.1) is 16.3 Å². The van der Waals surface area contributed by atoms with Crippen LogP contribution in [0.2, 0.25) is 5.02 Å². The second-order valence-electron chi connectivity index (χ2n) is 5.99. The van der Waals surface area contributed by atoms with Gasteiger partial charge in [0.2, 0.25) is 5.13 Å². The van der Waals surface area contributed by atoms with Crippen molar-refractivity contribution in [3.63, 3.8) is 0 Å². The molecule has 0 bridgehead atoms. The fourth-order valence-corrected chi connectivity index (χ4v) is 4.40. The van der Waals surface area contributed by atoms with E-state index in [0.717, 1.165) is 17.7 Å². The summed E-state index contributed by atoms with van der Waals surface area (Å²) in [5.41, 5.74) is -0.260. The first kappa shape index (κ1) is 22.0. The Hall–Kier alpha value is -2.70. The predicted molar refractivity (Wildman–Crippen MR) is 106 cm³/mol. The zero-order valence-electron chi connectivity index (χ0n) is 15.0. The first-order chi connectivity index (χ1) is 14.0. The van der Waals surface area contributed by atoms with Gasteiger partial charge in [-0.3, -0.25) is 14.8 Å². The number of alkyl halides is 3. The van der Waals surface area contributed by atoms with E-state index < -0.39 is 37.7 Å². The predicted octanol–water partition coefficient (Wildman–Crippen LogP) is 4.57. The van der Waals surface area contributed by atoms with E-state index in [2.05, 4.69) is 15.5 Å². The molecule has 0 aliphatic rings. The van der Waals surface area contributed by atoms with Crippen LogP contribution in [0.3, 0.4) is 0 Å². The Morgan fingerprint density at radius 2 is 1.77 bits per heavy atom. The van der Waals surface area contributed by atoms with Crippen LogP contribution in [0.25, 0.3) is 0 Å². The van der Waals surface area contributed by atoms with E-state index in [1.54, 1.807) is 24.3 Å². The molecule has 1 amide bonds. The van der Waals surface area contributed by atoms with Gasteiger partial charge in [-0.1, -0.05) is 40.6 Å². The maximum atomic E-state index is 12.9. The van der Waals surface area contributed by atoms with Gasteiger partial charge >= 0.3 is 6.18 Å². The van der Waals surface area contributed by atoms with Crippen molar-refractivity contribution in [3.05, 3.63) is 64.2 Å². The monoisotopic (exact) mass is 476 g/mol. The normalized spacial score (nSPS) is 11.9. The molecule has 7 nitrogen and oxygen atoms in total. The molecule has 0 radical (unpaired) electrons. The van der Waals surface area contributed by atoms with Gasteiger partial charge in [0, 0.05) is 5.56 Å². The summed E-state index contributed by atoms with van der Waals surface area (Å²) in [4.78, 5) is 12.2. The third-order valence-electron chi connectivity index (χ3n) is 3.71. The third-order valence-corrected chi connectivity index (χ3v) is 6.61. The number of hydrogen-bond acceptors (Lipinski definition) is 6. The number of halogens is 4. The number of nitrogens with one attached hydrogen (secondary N) is 2. The summed E-state index contributed by atoms with van der Waals surface area (Å²) in [6, 6.07) is 8.85. The molecular formula is C17H12ClF3N4O3S2. The summed E-state index contributed by atoms with van der Waals surface area (Å²) in [6.07, 6.45) is -4.68. The van der Waals surface area contributed by atoms with Crippen molar-refractivity contribution in [2.75, 3.05) is 10.0 Å². The Balaban J connectivity index is 1.79. The number of carbonyl (C=O) groups excluding carboxylic acids is 1. The molecule has 2 aromatic carbocycles. The first-order valence-electron chi connectivity index (χ1n) is 8.07. The fourth-order valence-electron chi connectivity index (χ4n) is 2.21. The smallest absolute Gasteiger partial charge is 0.296 e. The van der Waals surface area contributed by atoms with Crippen molar-refractivity contribution in [1.29, 1.82) is 0 Å². The minimum atomic E-state index is -4.68. The van der Waals surface area contributed by atoms with Crippen molar-refractivity contribution in [2.45, 2.75) is 17.4 Å². The Morgan fingerprint density at radius 3 is 2.40 bits per heavy atom. The lowest BCUT2D eigenvalue weighted by Gasteiger charge is -2.11. The average Bonchev–Trinajstić information content (AvgIpc) is 3.12. The maximum absolute atomic E-state index is 12.9. The van der Waals surface area contributed by atoms with Crippen LogP contribution in [0, 0.1) is 6.92 Å².